The van der Waals surface area contributed by atoms with Gasteiger partial charge in [0.2, 0.25) is 0 Å². The quantitative estimate of drug-likeness (QED) is 0.167. The molecule has 0 fully saturated rings. The molecule has 9 aromatic rings. The van der Waals surface area contributed by atoms with Gasteiger partial charge in [-0.3, -0.25) is 9.55 Å². The number of fused-ring (bicyclic) bond motifs is 6. The monoisotopic (exact) mass is 694 g/mol. The summed E-state index contributed by atoms with van der Waals surface area (Å²) in [5.74, 6) is 2.03. The normalized spacial score (nSPS) is 13.7. The Labute approximate surface area is 315 Å². The summed E-state index contributed by atoms with van der Waals surface area (Å²) >= 11 is 0. The lowest BCUT2D eigenvalue weighted by Crippen LogP contribution is -2.11. The third-order valence-electron chi connectivity index (χ3n) is 10.2. The van der Waals surface area contributed by atoms with Gasteiger partial charge in [0.05, 0.1) is 33.4 Å². The molecule has 4 aromatic heterocycles. The summed E-state index contributed by atoms with van der Waals surface area (Å²) in [6, 6.07) is 41.9. The van der Waals surface area contributed by atoms with E-state index in [1.807, 2.05) is 108 Å². The molecule has 5 heteroatoms. The molecule has 4 heterocycles. The third-order valence-corrected chi connectivity index (χ3v) is 10.2. The number of hydrogen-bond acceptors (Lipinski definition) is 3. The van der Waals surface area contributed by atoms with Crippen LogP contribution in [-0.2, 0) is 18.2 Å². The molecule has 0 radical (unpaired) electrons. The maximum Gasteiger partial charge on any atom is 0.139 e. The van der Waals surface area contributed by atoms with Gasteiger partial charge in [0.25, 0.3) is 0 Å². The minimum atomic E-state index is -1.66. The number of benzene rings is 5. The average molecular weight is 695 g/mol. The molecule has 0 spiro atoms. The van der Waals surface area contributed by atoms with Crippen LogP contribution in [0.3, 0.4) is 0 Å². The summed E-state index contributed by atoms with van der Waals surface area (Å²) in [4.78, 5) is 9.60. The highest BCUT2D eigenvalue weighted by Crippen LogP contribution is 2.39. The Bertz CT molecular complexity index is 2950. The molecule has 0 saturated carbocycles. The molecule has 0 aliphatic heterocycles. The van der Waals surface area contributed by atoms with E-state index in [1.54, 1.807) is 20.0 Å². The summed E-state index contributed by atoms with van der Waals surface area (Å²) in [7, 11) is 0. The highest BCUT2D eigenvalue weighted by atomic mass is 16.5. The van der Waals surface area contributed by atoms with Crippen molar-refractivity contribution in [1.82, 2.24) is 19.1 Å². The lowest BCUT2D eigenvalue weighted by Gasteiger charge is -2.19. The number of nitrogens with zero attached hydrogens (tertiary/aromatic N) is 4. The van der Waals surface area contributed by atoms with E-state index in [2.05, 4.69) is 60.7 Å². The van der Waals surface area contributed by atoms with E-state index in [9.17, 15) is 0 Å². The minimum absolute atomic E-state index is 0.00000924. The zero-order chi connectivity index (χ0) is 39.9. The molecular formula is C48H42N4O. The largest absolute Gasteiger partial charge is 0.457 e. The number of aryl methyl sites for hydroxylation is 2. The lowest BCUT2D eigenvalue weighted by atomic mass is 9.87. The van der Waals surface area contributed by atoms with Crippen molar-refractivity contribution < 1.29 is 10.2 Å². The first-order valence-corrected chi connectivity index (χ1v) is 18.0. The molecule has 0 aliphatic carbocycles. The van der Waals surface area contributed by atoms with E-state index in [1.165, 1.54) is 5.56 Å². The number of aromatic nitrogens is 4. The van der Waals surface area contributed by atoms with Crippen LogP contribution in [0.5, 0.6) is 11.5 Å². The summed E-state index contributed by atoms with van der Waals surface area (Å²) in [5, 5.41) is 3.83. The molecule has 0 bridgehead atoms. The number of rotatable bonds is 7. The summed E-state index contributed by atoms with van der Waals surface area (Å²) in [5.41, 5.74) is 8.16. The van der Waals surface area contributed by atoms with Crippen molar-refractivity contribution >= 4 is 43.6 Å². The molecule has 0 amide bonds. The van der Waals surface area contributed by atoms with E-state index in [4.69, 9.17) is 15.2 Å². The maximum absolute atomic E-state index is 8.84. The molecule has 260 valence electrons. The van der Waals surface area contributed by atoms with Crippen molar-refractivity contribution in [3.63, 3.8) is 0 Å². The number of hydrogen-bond donors (Lipinski definition) is 0. The average Bonchev–Trinajstić information content (AvgIpc) is 3.70. The smallest absolute Gasteiger partial charge is 0.139 e. The predicted octanol–water partition coefficient (Wildman–Crippen LogP) is 12.6. The Morgan fingerprint density at radius 2 is 1.25 bits per heavy atom. The van der Waals surface area contributed by atoms with Crippen molar-refractivity contribution in [1.29, 1.82) is 0 Å². The van der Waals surface area contributed by atoms with E-state index < -0.39 is 12.7 Å². The second-order valence-electron chi connectivity index (χ2n) is 14.5. The van der Waals surface area contributed by atoms with Gasteiger partial charge in [-0.25, -0.2) is 4.98 Å². The van der Waals surface area contributed by atoms with Crippen molar-refractivity contribution in [3.05, 3.63) is 156 Å². The van der Waals surface area contributed by atoms with Crippen molar-refractivity contribution in [2.45, 2.75) is 52.8 Å². The van der Waals surface area contributed by atoms with Crippen LogP contribution >= 0.6 is 0 Å². The van der Waals surface area contributed by atoms with Gasteiger partial charge in [-0.15, -0.1) is 0 Å². The van der Waals surface area contributed by atoms with Crippen molar-refractivity contribution in [2.24, 2.45) is 0 Å². The number of ether oxygens (including phenoxy) is 1. The number of para-hydroxylation sites is 3. The lowest BCUT2D eigenvalue weighted by molar-refractivity contribution is 0.483. The van der Waals surface area contributed by atoms with Crippen LogP contribution in [0.4, 0.5) is 0 Å². The summed E-state index contributed by atoms with van der Waals surface area (Å²) < 4.78 is 46.1. The van der Waals surface area contributed by atoms with Gasteiger partial charge < -0.3 is 9.30 Å². The first-order valence-electron chi connectivity index (χ1n) is 20.0. The molecule has 9 rings (SSSR count). The molecule has 0 atom stereocenters. The second-order valence-corrected chi connectivity index (χ2v) is 14.5. The Morgan fingerprint density at radius 1 is 0.585 bits per heavy atom. The van der Waals surface area contributed by atoms with Gasteiger partial charge in [-0.05, 0) is 83.4 Å². The SMILES string of the molecule is [2H]C([2H])(C)c1cccc2c3cccc(C([2H])([2H])C)c3n(-c3ccnc(-n4c5ccccc5c5ccc(Oc6cccc(-c7cc(C(C)(C)C)ccn7)c6)cc54)c3)c12. The van der Waals surface area contributed by atoms with Crippen LogP contribution in [0.2, 0.25) is 0 Å². The van der Waals surface area contributed by atoms with E-state index in [0.29, 0.717) is 39.5 Å². The fourth-order valence-electron chi connectivity index (χ4n) is 7.62. The topological polar surface area (TPSA) is 44.9 Å². The van der Waals surface area contributed by atoms with Gasteiger partial charge in [-0.1, -0.05) is 101 Å². The molecule has 0 aliphatic rings. The summed E-state index contributed by atoms with van der Waals surface area (Å²) in [6.07, 6.45) is 0.303. The van der Waals surface area contributed by atoms with Crippen molar-refractivity contribution in [3.8, 4) is 34.3 Å². The fraction of sp³-hybridized carbons (Fsp3) is 0.167. The molecule has 5 aromatic carbocycles. The molecule has 53 heavy (non-hydrogen) atoms. The van der Waals surface area contributed by atoms with Crippen LogP contribution in [0, 0.1) is 0 Å². The van der Waals surface area contributed by atoms with Gasteiger partial charge in [0, 0.05) is 57.1 Å². The van der Waals surface area contributed by atoms with E-state index in [0.717, 1.165) is 49.5 Å². The van der Waals surface area contributed by atoms with E-state index >= 15 is 0 Å². The first kappa shape index (κ1) is 28.4. The Balaban J connectivity index is 1.21. The molecule has 0 N–H and O–H groups in total. The van der Waals surface area contributed by atoms with Crippen LogP contribution < -0.4 is 4.74 Å². The van der Waals surface area contributed by atoms with Crippen LogP contribution in [-0.4, -0.2) is 19.1 Å². The highest BCUT2D eigenvalue weighted by molar-refractivity contribution is 6.12. The highest BCUT2D eigenvalue weighted by Gasteiger charge is 2.20. The van der Waals surface area contributed by atoms with Gasteiger partial charge in [0.1, 0.15) is 17.3 Å². The Kier molecular flexibility index (Phi) is 6.85. The fourth-order valence-corrected chi connectivity index (χ4v) is 7.62. The maximum atomic E-state index is 8.84. The van der Waals surface area contributed by atoms with Crippen LogP contribution in [0.1, 0.15) is 56.8 Å². The third kappa shape index (κ3) is 5.55. The Morgan fingerprint density at radius 3 is 1.98 bits per heavy atom. The van der Waals surface area contributed by atoms with Gasteiger partial charge in [-0.2, -0.15) is 0 Å². The van der Waals surface area contributed by atoms with Gasteiger partial charge in [0.15, 0.2) is 0 Å². The summed E-state index contributed by atoms with van der Waals surface area (Å²) in [6.45, 7) is 9.73. The standard InChI is InChI=1S/C48H42N4O/c1-6-31-13-11-18-40-41-19-12-14-32(7-2)47(41)51(46(31)40)35-24-26-50-45(29-35)52-43-20-9-8-17-38(43)39-22-21-37(30-44(39)52)53-36-16-10-15-33(27-36)42-28-34(23-25-49-42)48(3,4)5/h8-30H,6-7H2,1-5H3/i6D2,7D2. The molecule has 0 unspecified atom stereocenters. The molecule has 5 nitrogen and oxygen atoms in total. The second kappa shape index (κ2) is 12.8. The van der Waals surface area contributed by atoms with Crippen LogP contribution in [0.25, 0.3) is 66.4 Å². The number of pyridine rings is 2. The zero-order valence-electron chi connectivity index (χ0n) is 34.5. The van der Waals surface area contributed by atoms with E-state index in [-0.39, 0.29) is 5.41 Å². The Hall–Kier alpha value is -6.20. The predicted molar refractivity (Wildman–Crippen MR) is 220 cm³/mol. The molecule has 0 saturated heterocycles. The molecular weight excluding hydrogens is 649 g/mol. The van der Waals surface area contributed by atoms with Gasteiger partial charge >= 0.3 is 0 Å². The first-order chi connectivity index (χ1) is 27.2. The zero-order valence-corrected chi connectivity index (χ0v) is 30.5. The van der Waals surface area contributed by atoms with Crippen LogP contribution in [0.15, 0.2) is 140 Å². The minimum Gasteiger partial charge on any atom is -0.457 e. The van der Waals surface area contributed by atoms with Crippen molar-refractivity contribution in [2.75, 3.05) is 0 Å².